The highest BCUT2D eigenvalue weighted by Gasteiger charge is 2.64. The lowest BCUT2D eigenvalue weighted by Gasteiger charge is -2.27. The molecule has 0 saturated carbocycles. The van der Waals surface area contributed by atoms with E-state index in [-0.39, 0.29) is 23.6 Å². The van der Waals surface area contributed by atoms with Crippen LogP contribution in [0.2, 0.25) is 0 Å². The van der Waals surface area contributed by atoms with Crippen LogP contribution >= 0.6 is 0 Å². The molecule has 2 aromatic carbocycles. The van der Waals surface area contributed by atoms with E-state index in [4.69, 9.17) is 0 Å². The monoisotopic (exact) mass is 388 g/mol. The second-order valence-corrected chi connectivity index (χ2v) is 8.45. The molecule has 3 heterocycles. The largest absolute Gasteiger partial charge is 0.292 e. The van der Waals surface area contributed by atoms with Gasteiger partial charge < -0.3 is 0 Å². The fraction of sp³-hybridized carbons (Fsp3) is 0.375. The summed E-state index contributed by atoms with van der Waals surface area (Å²) >= 11 is 0. The average molecular weight is 388 g/mol. The molecular formula is C24H24N2O3. The lowest BCUT2D eigenvalue weighted by Crippen LogP contribution is -2.46. The summed E-state index contributed by atoms with van der Waals surface area (Å²) in [6.07, 6.45) is 1.82. The quantitative estimate of drug-likeness (QED) is 0.599. The van der Waals surface area contributed by atoms with Gasteiger partial charge in [-0.1, -0.05) is 36.4 Å². The molecule has 29 heavy (non-hydrogen) atoms. The summed E-state index contributed by atoms with van der Waals surface area (Å²) in [7, 11) is 0. The van der Waals surface area contributed by atoms with Crippen molar-refractivity contribution in [2.75, 3.05) is 11.4 Å². The number of benzene rings is 2. The highest BCUT2D eigenvalue weighted by Crippen LogP contribution is 2.48. The van der Waals surface area contributed by atoms with E-state index < -0.39 is 17.9 Å². The number of Topliss-reactive ketones (excluding diaryl/α,β-unsaturated/α-hetero) is 1. The Hall–Kier alpha value is -2.79. The predicted molar refractivity (Wildman–Crippen MR) is 110 cm³/mol. The van der Waals surface area contributed by atoms with Gasteiger partial charge in [-0.15, -0.1) is 0 Å². The summed E-state index contributed by atoms with van der Waals surface area (Å²) < 4.78 is 0. The Labute approximate surface area is 170 Å². The highest BCUT2D eigenvalue weighted by atomic mass is 16.2. The third-order valence-corrected chi connectivity index (χ3v) is 6.93. The number of rotatable bonds is 3. The van der Waals surface area contributed by atoms with Crippen molar-refractivity contribution in [3.05, 3.63) is 65.2 Å². The van der Waals surface area contributed by atoms with Crippen LogP contribution in [0, 0.1) is 25.7 Å². The van der Waals surface area contributed by atoms with Crippen LogP contribution in [-0.4, -0.2) is 41.1 Å². The second-order valence-electron chi connectivity index (χ2n) is 8.45. The molecule has 3 aliphatic heterocycles. The van der Waals surface area contributed by atoms with Crippen LogP contribution in [0.3, 0.4) is 0 Å². The van der Waals surface area contributed by atoms with Crippen LogP contribution in [-0.2, 0) is 9.59 Å². The van der Waals surface area contributed by atoms with E-state index in [2.05, 4.69) is 4.90 Å². The number of amides is 2. The van der Waals surface area contributed by atoms with Crippen molar-refractivity contribution >= 4 is 23.3 Å². The molecule has 2 amide bonds. The fourth-order valence-corrected chi connectivity index (χ4v) is 5.41. The minimum Gasteiger partial charge on any atom is -0.292 e. The Balaban J connectivity index is 1.56. The van der Waals surface area contributed by atoms with Crippen LogP contribution in [0.25, 0.3) is 0 Å². The molecule has 0 aromatic heterocycles. The summed E-state index contributed by atoms with van der Waals surface area (Å²) in [6.45, 7) is 4.75. The highest BCUT2D eigenvalue weighted by molar-refractivity contribution is 6.24. The van der Waals surface area contributed by atoms with E-state index in [0.29, 0.717) is 11.3 Å². The van der Waals surface area contributed by atoms with Crippen LogP contribution in [0.4, 0.5) is 5.69 Å². The number of nitrogens with zero attached hydrogens (tertiary/aromatic N) is 2. The number of aryl methyl sites for hydroxylation is 2. The first-order valence-corrected chi connectivity index (χ1v) is 10.3. The molecule has 2 aromatic rings. The normalized spacial score (nSPS) is 28.7. The maximum absolute atomic E-state index is 13.5. The van der Waals surface area contributed by atoms with Crippen molar-refractivity contribution in [1.82, 2.24) is 4.90 Å². The minimum atomic E-state index is -0.595. The fourth-order valence-electron chi connectivity index (χ4n) is 5.41. The number of anilines is 1. The zero-order chi connectivity index (χ0) is 20.3. The predicted octanol–water partition coefficient (Wildman–Crippen LogP) is 3.14. The Bertz CT molecular complexity index is 1020. The van der Waals surface area contributed by atoms with E-state index in [1.165, 1.54) is 4.90 Å². The first-order chi connectivity index (χ1) is 14.0. The van der Waals surface area contributed by atoms with Crippen LogP contribution in [0.5, 0.6) is 0 Å². The smallest absolute Gasteiger partial charge is 0.239 e. The third kappa shape index (κ3) is 2.60. The van der Waals surface area contributed by atoms with Gasteiger partial charge in [0.05, 0.1) is 23.6 Å². The van der Waals surface area contributed by atoms with Crippen molar-refractivity contribution in [1.29, 1.82) is 0 Å². The zero-order valence-corrected chi connectivity index (χ0v) is 16.7. The van der Waals surface area contributed by atoms with Crippen molar-refractivity contribution in [3.63, 3.8) is 0 Å². The molecule has 0 unspecified atom stereocenters. The molecule has 148 valence electrons. The summed E-state index contributed by atoms with van der Waals surface area (Å²) in [5, 5.41) is 0. The number of hydrogen-bond acceptors (Lipinski definition) is 4. The number of hydrogen-bond donors (Lipinski definition) is 0. The number of ketones is 1. The van der Waals surface area contributed by atoms with Gasteiger partial charge in [0.1, 0.15) is 0 Å². The van der Waals surface area contributed by atoms with Gasteiger partial charge in [-0.25, -0.2) is 4.90 Å². The minimum absolute atomic E-state index is 0.0225. The van der Waals surface area contributed by atoms with Gasteiger partial charge in [-0.3, -0.25) is 19.3 Å². The SMILES string of the molecule is Cc1ccc(N2C(=O)[C@@H]3[C@H](C2=O)[C@@H]2CCCN2[C@@H]3C(=O)c2ccccc2)cc1C. The summed E-state index contributed by atoms with van der Waals surface area (Å²) in [6, 6.07) is 14.2. The average Bonchev–Trinajstić information content (AvgIpc) is 3.37. The van der Waals surface area contributed by atoms with Crippen LogP contribution in [0.15, 0.2) is 48.5 Å². The molecule has 5 nitrogen and oxygen atoms in total. The van der Waals surface area contributed by atoms with Crippen molar-refractivity contribution in [2.45, 2.75) is 38.8 Å². The molecule has 5 rings (SSSR count). The third-order valence-electron chi connectivity index (χ3n) is 6.93. The van der Waals surface area contributed by atoms with Crippen molar-refractivity contribution < 1.29 is 14.4 Å². The van der Waals surface area contributed by atoms with Crippen LogP contribution < -0.4 is 4.90 Å². The number of carbonyl (C=O) groups excluding carboxylic acids is 3. The number of fused-ring (bicyclic) bond motifs is 3. The maximum Gasteiger partial charge on any atom is 0.239 e. The molecule has 5 heteroatoms. The van der Waals surface area contributed by atoms with Crippen molar-refractivity contribution in [2.24, 2.45) is 11.8 Å². The second kappa shape index (κ2) is 6.63. The summed E-state index contributed by atoms with van der Waals surface area (Å²) in [5.74, 6) is -1.45. The van der Waals surface area contributed by atoms with E-state index in [1.54, 1.807) is 12.1 Å². The van der Waals surface area contributed by atoms with Gasteiger partial charge in [0, 0.05) is 11.6 Å². The lowest BCUT2D eigenvalue weighted by molar-refractivity contribution is -0.123. The molecule has 0 aliphatic carbocycles. The molecule has 0 spiro atoms. The Morgan fingerprint density at radius 1 is 0.931 bits per heavy atom. The van der Waals surface area contributed by atoms with Crippen molar-refractivity contribution in [3.8, 4) is 0 Å². The number of carbonyl (C=O) groups is 3. The Morgan fingerprint density at radius 3 is 2.38 bits per heavy atom. The van der Waals surface area contributed by atoms with Gasteiger partial charge in [0.25, 0.3) is 0 Å². The first kappa shape index (κ1) is 18.3. The van der Waals surface area contributed by atoms with Gasteiger partial charge in [-0.2, -0.15) is 0 Å². The van der Waals surface area contributed by atoms with Gasteiger partial charge >= 0.3 is 0 Å². The molecule has 0 bridgehead atoms. The Kier molecular flexibility index (Phi) is 4.17. The molecule has 3 fully saturated rings. The van der Waals surface area contributed by atoms with E-state index in [0.717, 1.165) is 30.5 Å². The first-order valence-electron chi connectivity index (χ1n) is 10.3. The van der Waals surface area contributed by atoms with E-state index in [9.17, 15) is 14.4 Å². The molecular weight excluding hydrogens is 364 g/mol. The van der Waals surface area contributed by atoms with Gasteiger partial charge in [0.2, 0.25) is 11.8 Å². The van der Waals surface area contributed by atoms with E-state index in [1.807, 2.05) is 50.2 Å². The standard InChI is InChI=1S/C24H24N2O3/c1-14-10-11-17(13-15(14)2)26-23(28)19-18-9-6-12-25(18)21(20(19)24(26)29)22(27)16-7-4-3-5-8-16/h3-5,7-8,10-11,13,18-21H,6,9,12H2,1-2H3/t18-,19+,20+,21-/m0/s1. The topological polar surface area (TPSA) is 57.7 Å². The van der Waals surface area contributed by atoms with Gasteiger partial charge in [0.15, 0.2) is 5.78 Å². The molecule has 3 aliphatic rings. The molecule has 4 atom stereocenters. The maximum atomic E-state index is 13.5. The van der Waals surface area contributed by atoms with E-state index >= 15 is 0 Å². The Morgan fingerprint density at radius 2 is 1.66 bits per heavy atom. The van der Waals surface area contributed by atoms with Gasteiger partial charge in [-0.05, 0) is 56.5 Å². The zero-order valence-electron chi connectivity index (χ0n) is 16.7. The summed E-state index contributed by atoms with van der Waals surface area (Å²) in [4.78, 5) is 43.8. The number of imide groups is 1. The summed E-state index contributed by atoms with van der Waals surface area (Å²) in [5.41, 5.74) is 3.38. The van der Waals surface area contributed by atoms with Crippen LogP contribution in [0.1, 0.15) is 34.3 Å². The molecule has 0 radical (unpaired) electrons. The molecule has 3 saturated heterocycles. The lowest BCUT2D eigenvalue weighted by atomic mass is 9.85. The molecule has 0 N–H and O–H groups in total.